The third-order valence-corrected chi connectivity index (χ3v) is 1.10. The Morgan fingerprint density at radius 1 is 1.56 bits per heavy atom. The van der Waals surface area contributed by atoms with Gasteiger partial charge in [0.05, 0.1) is 0 Å². The Bertz CT molecular complexity index is 240. The first-order valence-corrected chi connectivity index (χ1v) is 2.78. The van der Waals surface area contributed by atoms with Crippen molar-refractivity contribution < 1.29 is 0 Å². The Balaban J connectivity index is 3.12. The van der Waals surface area contributed by atoms with Gasteiger partial charge in [0.1, 0.15) is 0 Å². The van der Waals surface area contributed by atoms with E-state index in [4.69, 9.17) is 6.42 Å². The van der Waals surface area contributed by atoms with Gasteiger partial charge in [-0.15, -0.1) is 6.42 Å². The summed E-state index contributed by atoms with van der Waals surface area (Å²) in [6.45, 7) is 1.97. The van der Waals surface area contributed by atoms with Gasteiger partial charge in [-0.3, -0.25) is 0 Å². The van der Waals surface area contributed by atoms with Crippen LogP contribution in [0.3, 0.4) is 0 Å². The molecule has 0 aromatic heterocycles. The van der Waals surface area contributed by atoms with E-state index in [0.29, 0.717) is 0 Å². The lowest BCUT2D eigenvalue weighted by Gasteiger charge is -1.89. The Morgan fingerprint density at radius 2 is 2.33 bits per heavy atom. The van der Waals surface area contributed by atoms with E-state index in [9.17, 15) is 0 Å². The molecule has 0 heteroatoms. The number of aryl methyl sites for hydroxylation is 1. The van der Waals surface area contributed by atoms with E-state index in [1.54, 1.807) is 0 Å². The minimum atomic E-state index is 0.829. The van der Waals surface area contributed by atoms with Gasteiger partial charge in [-0.1, -0.05) is 18.1 Å². The molecular weight excluding hydrogens is 108 g/mol. The first-order chi connectivity index (χ1) is 4.33. The average Bonchev–Trinajstić information content (AvgIpc) is 1.88. The molecule has 0 aliphatic carbocycles. The molecule has 0 aliphatic heterocycles. The highest BCUT2D eigenvalue weighted by molar-refractivity contribution is 5.33. The van der Waals surface area contributed by atoms with E-state index in [1.165, 1.54) is 0 Å². The van der Waals surface area contributed by atoms with Crippen LogP contribution in [-0.2, 0) is 0 Å². The molecule has 0 aliphatic rings. The van der Waals surface area contributed by atoms with E-state index >= 15 is 0 Å². The molecule has 0 nitrogen and oxygen atoms in total. The monoisotopic (exact) mass is 115 g/mol. The van der Waals surface area contributed by atoms with Crippen molar-refractivity contribution in [2.24, 2.45) is 0 Å². The summed E-state index contributed by atoms with van der Waals surface area (Å²) in [5, 5.41) is 0. The zero-order valence-electron chi connectivity index (χ0n) is 5.31. The van der Waals surface area contributed by atoms with E-state index in [2.05, 4.69) is 12.0 Å². The van der Waals surface area contributed by atoms with Crippen LogP contribution in [0.5, 0.6) is 0 Å². The van der Waals surface area contributed by atoms with Crippen LogP contribution in [0.2, 0.25) is 0 Å². The van der Waals surface area contributed by atoms with Crippen LogP contribution in [0.25, 0.3) is 0 Å². The molecule has 0 saturated carbocycles. The topological polar surface area (TPSA) is 0 Å². The van der Waals surface area contributed by atoms with Gasteiger partial charge >= 0.3 is 0 Å². The van der Waals surface area contributed by atoms with Crippen LogP contribution in [0.15, 0.2) is 18.2 Å². The highest BCUT2D eigenvalue weighted by Gasteiger charge is 1.84. The SMILES string of the molecule is C#Cc1[c]c(C)ccc1. The van der Waals surface area contributed by atoms with Gasteiger partial charge < -0.3 is 0 Å². The molecule has 0 spiro atoms. The molecule has 0 amide bonds. The summed E-state index contributed by atoms with van der Waals surface area (Å²) in [6, 6.07) is 8.79. The zero-order valence-corrected chi connectivity index (χ0v) is 5.31. The van der Waals surface area contributed by atoms with Crippen LogP contribution >= 0.6 is 0 Å². The first-order valence-electron chi connectivity index (χ1n) is 2.78. The Kier molecular flexibility index (Phi) is 1.55. The molecule has 1 aromatic rings. The fourth-order valence-corrected chi connectivity index (χ4v) is 0.669. The molecule has 1 aromatic carbocycles. The van der Waals surface area contributed by atoms with Crippen molar-refractivity contribution in [1.29, 1.82) is 0 Å². The maximum atomic E-state index is 5.14. The third-order valence-electron chi connectivity index (χ3n) is 1.10. The normalized spacial score (nSPS) is 8.44. The van der Waals surface area contributed by atoms with Crippen molar-refractivity contribution in [3.05, 3.63) is 35.4 Å². The fraction of sp³-hybridized carbons (Fsp3) is 0.111. The summed E-state index contributed by atoms with van der Waals surface area (Å²) >= 11 is 0. The maximum Gasteiger partial charge on any atom is 0.0324 e. The quantitative estimate of drug-likeness (QED) is 0.452. The highest BCUT2D eigenvalue weighted by Crippen LogP contribution is 1.99. The van der Waals surface area contributed by atoms with Gasteiger partial charge in [-0.25, -0.2) is 0 Å². The summed E-state index contributed by atoms with van der Waals surface area (Å²) < 4.78 is 0. The smallest absolute Gasteiger partial charge is 0.0324 e. The second-order valence-corrected chi connectivity index (χ2v) is 1.89. The van der Waals surface area contributed by atoms with Crippen LogP contribution in [0, 0.1) is 25.3 Å². The third kappa shape index (κ3) is 1.33. The molecule has 1 radical (unpaired) electrons. The second-order valence-electron chi connectivity index (χ2n) is 1.89. The van der Waals surface area contributed by atoms with Gasteiger partial charge in [0.2, 0.25) is 0 Å². The Hall–Kier alpha value is -1.22. The van der Waals surface area contributed by atoms with Crippen molar-refractivity contribution in [3.8, 4) is 12.3 Å². The number of terminal acetylenes is 1. The zero-order chi connectivity index (χ0) is 6.69. The molecule has 0 atom stereocenters. The van der Waals surface area contributed by atoms with Crippen LogP contribution in [-0.4, -0.2) is 0 Å². The molecule has 0 bridgehead atoms. The van der Waals surface area contributed by atoms with Crippen molar-refractivity contribution >= 4 is 0 Å². The lowest BCUT2D eigenvalue weighted by Crippen LogP contribution is -1.74. The number of hydrogen-bond donors (Lipinski definition) is 0. The van der Waals surface area contributed by atoms with Gasteiger partial charge in [-0.05, 0) is 18.6 Å². The largest absolute Gasteiger partial charge is 0.115 e. The Labute approximate surface area is 55.5 Å². The lowest BCUT2D eigenvalue weighted by molar-refractivity contribution is 1.44. The molecule has 0 N–H and O–H groups in total. The van der Waals surface area contributed by atoms with E-state index in [0.717, 1.165) is 11.1 Å². The van der Waals surface area contributed by atoms with E-state index in [1.807, 2.05) is 25.1 Å². The second kappa shape index (κ2) is 2.37. The molecular formula is C9H7. The lowest BCUT2D eigenvalue weighted by atomic mass is 10.1. The minimum absolute atomic E-state index is 0.829. The molecule has 1 rings (SSSR count). The molecule has 9 heavy (non-hydrogen) atoms. The van der Waals surface area contributed by atoms with Gasteiger partial charge in [-0.2, -0.15) is 0 Å². The Morgan fingerprint density at radius 3 is 2.78 bits per heavy atom. The molecule has 0 fully saturated rings. The maximum absolute atomic E-state index is 5.14. The number of benzene rings is 1. The average molecular weight is 115 g/mol. The molecule has 0 saturated heterocycles. The van der Waals surface area contributed by atoms with Crippen LogP contribution < -0.4 is 0 Å². The van der Waals surface area contributed by atoms with Gasteiger partial charge in [0.25, 0.3) is 0 Å². The van der Waals surface area contributed by atoms with E-state index in [-0.39, 0.29) is 0 Å². The fourth-order valence-electron chi connectivity index (χ4n) is 0.669. The van der Waals surface area contributed by atoms with Gasteiger partial charge in [0, 0.05) is 11.6 Å². The predicted octanol–water partition coefficient (Wildman–Crippen LogP) is 1.78. The number of rotatable bonds is 0. The summed E-state index contributed by atoms with van der Waals surface area (Å²) in [4.78, 5) is 0. The predicted molar refractivity (Wildman–Crippen MR) is 38.0 cm³/mol. The molecule has 0 unspecified atom stereocenters. The summed E-state index contributed by atoms with van der Waals surface area (Å²) in [5.74, 6) is 2.51. The van der Waals surface area contributed by atoms with Gasteiger partial charge in [0.15, 0.2) is 0 Å². The van der Waals surface area contributed by atoms with Crippen molar-refractivity contribution in [2.75, 3.05) is 0 Å². The minimum Gasteiger partial charge on any atom is -0.115 e. The molecule has 43 valence electrons. The van der Waals surface area contributed by atoms with Crippen LogP contribution in [0.4, 0.5) is 0 Å². The van der Waals surface area contributed by atoms with Crippen LogP contribution in [0.1, 0.15) is 11.1 Å². The van der Waals surface area contributed by atoms with Crippen molar-refractivity contribution in [2.45, 2.75) is 6.92 Å². The highest BCUT2D eigenvalue weighted by atomic mass is 13.9. The summed E-state index contributed by atoms with van der Waals surface area (Å²) in [6.07, 6.45) is 5.14. The standard InChI is InChI=1S/C9H7/c1-3-9-6-4-5-8(2)7-9/h1,4-6H,2H3. The van der Waals surface area contributed by atoms with Crippen molar-refractivity contribution in [1.82, 2.24) is 0 Å². The summed E-state index contributed by atoms with van der Waals surface area (Å²) in [5.41, 5.74) is 1.92. The summed E-state index contributed by atoms with van der Waals surface area (Å²) in [7, 11) is 0. The first kappa shape index (κ1) is 5.91. The molecule has 0 heterocycles. The number of hydrogen-bond acceptors (Lipinski definition) is 0. The van der Waals surface area contributed by atoms with E-state index < -0.39 is 0 Å². The van der Waals surface area contributed by atoms with Crippen molar-refractivity contribution in [3.63, 3.8) is 0 Å².